The zero-order chi connectivity index (χ0) is 16.1. The van der Waals surface area contributed by atoms with Crippen LogP contribution in [0.25, 0.3) is 0 Å². The molecule has 2 saturated heterocycles. The van der Waals surface area contributed by atoms with Crippen LogP contribution in [-0.4, -0.2) is 41.6 Å². The van der Waals surface area contributed by atoms with E-state index < -0.39 is 0 Å². The normalized spacial score (nSPS) is 29.0. The van der Waals surface area contributed by atoms with Crippen LogP contribution >= 0.6 is 11.3 Å². The number of carbonyl (C=O) groups is 1. The molecule has 1 saturated carbocycles. The van der Waals surface area contributed by atoms with Crippen molar-refractivity contribution in [1.82, 2.24) is 9.88 Å². The molecule has 3 heterocycles. The number of aromatic nitrogens is 1. The summed E-state index contributed by atoms with van der Waals surface area (Å²) in [4.78, 5) is 21.2. The van der Waals surface area contributed by atoms with Crippen LogP contribution in [0.1, 0.15) is 66.4 Å². The van der Waals surface area contributed by atoms with Gasteiger partial charge in [-0.1, -0.05) is 6.42 Å². The first-order chi connectivity index (χ1) is 11.7. The number of ether oxygens (including phenoxy) is 1. The van der Waals surface area contributed by atoms with E-state index in [1.807, 2.05) is 11.3 Å². The summed E-state index contributed by atoms with van der Waals surface area (Å²) in [6, 6.07) is 0. The topological polar surface area (TPSA) is 42.4 Å². The van der Waals surface area contributed by atoms with E-state index in [9.17, 15) is 4.79 Å². The number of amides is 1. The Balaban J connectivity index is 1.18. The Kier molecular flexibility index (Phi) is 3.71. The fraction of sp³-hybridized carbons (Fsp3) is 0.789. The number of carbonyl (C=O) groups excluding carboxylic acids is 1. The molecule has 2 aliphatic heterocycles. The van der Waals surface area contributed by atoms with E-state index in [1.165, 1.54) is 54.1 Å². The molecular formula is C19H26N2O2S. The quantitative estimate of drug-likeness (QED) is 0.825. The van der Waals surface area contributed by atoms with E-state index in [0.29, 0.717) is 11.3 Å². The molecule has 0 radical (unpaired) electrons. The molecule has 5 heteroatoms. The van der Waals surface area contributed by atoms with Crippen molar-refractivity contribution in [3.05, 3.63) is 15.6 Å². The van der Waals surface area contributed by atoms with Crippen LogP contribution in [0.4, 0.5) is 0 Å². The first-order valence-electron chi connectivity index (χ1n) is 9.61. The van der Waals surface area contributed by atoms with Crippen LogP contribution in [0.15, 0.2) is 0 Å². The molecule has 0 bridgehead atoms. The van der Waals surface area contributed by atoms with Gasteiger partial charge in [0.2, 0.25) is 0 Å². The van der Waals surface area contributed by atoms with Gasteiger partial charge < -0.3 is 9.64 Å². The van der Waals surface area contributed by atoms with Crippen LogP contribution in [0.2, 0.25) is 0 Å². The van der Waals surface area contributed by atoms with E-state index in [-0.39, 0.29) is 12.0 Å². The first kappa shape index (κ1) is 15.3. The Bertz CT molecular complexity index is 622. The van der Waals surface area contributed by atoms with Crippen LogP contribution in [-0.2, 0) is 22.4 Å². The number of hydrogen-bond acceptors (Lipinski definition) is 4. The molecule has 2 aliphatic carbocycles. The predicted molar refractivity (Wildman–Crippen MR) is 93.3 cm³/mol. The highest BCUT2D eigenvalue weighted by atomic mass is 32.1. The van der Waals surface area contributed by atoms with E-state index in [0.717, 1.165) is 39.0 Å². The van der Waals surface area contributed by atoms with Gasteiger partial charge in [0, 0.05) is 23.9 Å². The standard InChI is InChI=1S/C19H26N2O2S/c22-18(15-11-19(12-23-15)7-2-8-19)21-9-5-13(6-10-21)17-20-14-3-1-4-16(14)24-17/h13,15H,1-12H2. The molecule has 1 aromatic heterocycles. The fourth-order valence-electron chi connectivity index (χ4n) is 4.91. The van der Waals surface area contributed by atoms with E-state index in [4.69, 9.17) is 9.72 Å². The third kappa shape index (κ3) is 2.51. The summed E-state index contributed by atoms with van der Waals surface area (Å²) in [7, 11) is 0. The van der Waals surface area contributed by atoms with Crippen molar-refractivity contribution in [2.45, 2.75) is 69.8 Å². The van der Waals surface area contributed by atoms with Crippen LogP contribution in [0, 0.1) is 5.41 Å². The van der Waals surface area contributed by atoms with Gasteiger partial charge in [-0.3, -0.25) is 4.79 Å². The zero-order valence-electron chi connectivity index (χ0n) is 14.3. The molecule has 1 spiro atoms. The lowest BCUT2D eigenvalue weighted by Crippen LogP contribution is -2.43. The van der Waals surface area contributed by atoms with Gasteiger partial charge in [-0.25, -0.2) is 4.98 Å². The second kappa shape index (κ2) is 5.80. The van der Waals surface area contributed by atoms with Crippen molar-refractivity contribution in [2.24, 2.45) is 5.41 Å². The molecule has 1 unspecified atom stereocenters. The maximum atomic E-state index is 12.8. The van der Waals surface area contributed by atoms with Crippen molar-refractivity contribution < 1.29 is 9.53 Å². The maximum absolute atomic E-state index is 12.8. The molecule has 1 aromatic rings. The first-order valence-corrected chi connectivity index (χ1v) is 10.4. The summed E-state index contributed by atoms with van der Waals surface area (Å²) >= 11 is 1.93. The minimum absolute atomic E-state index is 0.162. The minimum atomic E-state index is -0.162. The Morgan fingerprint density at radius 3 is 2.71 bits per heavy atom. The van der Waals surface area contributed by atoms with Gasteiger partial charge in [0.15, 0.2) is 0 Å². The van der Waals surface area contributed by atoms with Gasteiger partial charge in [-0.05, 0) is 56.8 Å². The Labute approximate surface area is 147 Å². The van der Waals surface area contributed by atoms with E-state index >= 15 is 0 Å². The molecule has 5 rings (SSSR count). The molecule has 4 nitrogen and oxygen atoms in total. The molecule has 130 valence electrons. The number of hydrogen-bond donors (Lipinski definition) is 0. The molecular weight excluding hydrogens is 320 g/mol. The largest absolute Gasteiger partial charge is 0.368 e. The van der Waals surface area contributed by atoms with Crippen LogP contribution in [0.5, 0.6) is 0 Å². The second-order valence-corrected chi connectivity index (χ2v) is 9.35. The van der Waals surface area contributed by atoms with Gasteiger partial charge >= 0.3 is 0 Å². The van der Waals surface area contributed by atoms with Crippen molar-refractivity contribution in [1.29, 1.82) is 0 Å². The monoisotopic (exact) mass is 346 g/mol. The molecule has 0 aromatic carbocycles. The highest BCUT2D eigenvalue weighted by Gasteiger charge is 2.47. The Hall–Kier alpha value is -0.940. The third-order valence-corrected chi connectivity index (χ3v) is 7.99. The van der Waals surface area contributed by atoms with Gasteiger partial charge in [0.25, 0.3) is 5.91 Å². The molecule has 1 amide bonds. The molecule has 0 N–H and O–H groups in total. The highest BCUT2D eigenvalue weighted by molar-refractivity contribution is 7.11. The lowest BCUT2D eigenvalue weighted by molar-refractivity contribution is -0.142. The second-order valence-electron chi connectivity index (χ2n) is 8.23. The van der Waals surface area contributed by atoms with Crippen molar-refractivity contribution >= 4 is 17.2 Å². The lowest BCUT2D eigenvalue weighted by atomic mass is 9.67. The van der Waals surface area contributed by atoms with Gasteiger partial charge in [0.05, 0.1) is 17.3 Å². The number of piperidine rings is 1. The van der Waals surface area contributed by atoms with E-state index in [2.05, 4.69) is 4.90 Å². The number of likely N-dealkylation sites (tertiary alicyclic amines) is 1. The molecule has 24 heavy (non-hydrogen) atoms. The summed E-state index contributed by atoms with van der Waals surface area (Å²) in [5.41, 5.74) is 1.72. The SMILES string of the molecule is O=C(C1CC2(CCC2)CO1)N1CCC(c2nc3c(s2)CCC3)CC1. The van der Waals surface area contributed by atoms with Gasteiger partial charge in [-0.15, -0.1) is 11.3 Å². The smallest absolute Gasteiger partial charge is 0.251 e. The summed E-state index contributed by atoms with van der Waals surface area (Å²) in [6.07, 6.45) is 10.4. The molecule has 1 atom stereocenters. The fourth-order valence-corrected chi connectivity index (χ4v) is 6.23. The zero-order valence-corrected chi connectivity index (χ0v) is 15.1. The number of rotatable bonds is 2. The van der Waals surface area contributed by atoms with E-state index in [1.54, 1.807) is 0 Å². The van der Waals surface area contributed by atoms with Gasteiger partial charge in [-0.2, -0.15) is 0 Å². The average molecular weight is 346 g/mol. The third-order valence-electron chi connectivity index (χ3n) is 6.67. The summed E-state index contributed by atoms with van der Waals surface area (Å²) in [5, 5.41) is 1.33. The highest BCUT2D eigenvalue weighted by Crippen LogP contribution is 2.49. The van der Waals surface area contributed by atoms with Gasteiger partial charge in [0.1, 0.15) is 6.10 Å². The summed E-state index contributed by atoms with van der Waals surface area (Å²) in [5.74, 6) is 0.811. The van der Waals surface area contributed by atoms with Crippen LogP contribution < -0.4 is 0 Å². The molecule has 4 aliphatic rings. The number of fused-ring (bicyclic) bond motifs is 1. The van der Waals surface area contributed by atoms with Crippen molar-refractivity contribution in [3.8, 4) is 0 Å². The number of aryl methyl sites for hydroxylation is 2. The lowest BCUT2D eigenvalue weighted by Gasteiger charge is -2.37. The van der Waals surface area contributed by atoms with Crippen molar-refractivity contribution in [3.63, 3.8) is 0 Å². The van der Waals surface area contributed by atoms with Crippen molar-refractivity contribution in [2.75, 3.05) is 19.7 Å². The van der Waals surface area contributed by atoms with Crippen LogP contribution in [0.3, 0.4) is 0 Å². The Morgan fingerprint density at radius 2 is 2.04 bits per heavy atom. The predicted octanol–water partition coefficient (Wildman–Crippen LogP) is 3.30. The number of thiazole rings is 1. The molecule has 3 fully saturated rings. The summed E-state index contributed by atoms with van der Waals surface area (Å²) in [6.45, 7) is 2.56. The number of nitrogens with zero attached hydrogens (tertiary/aromatic N) is 2. The Morgan fingerprint density at radius 1 is 1.21 bits per heavy atom. The minimum Gasteiger partial charge on any atom is -0.368 e. The maximum Gasteiger partial charge on any atom is 0.251 e. The summed E-state index contributed by atoms with van der Waals surface area (Å²) < 4.78 is 5.88. The average Bonchev–Trinajstić information content (AvgIpc) is 3.27.